The van der Waals surface area contributed by atoms with E-state index in [0.29, 0.717) is 11.7 Å². The number of anilines is 1. The summed E-state index contributed by atoms with van der Waals surface area (Å²) in [7, 11) is 1.99. The molecule has 1 saturated heterocycles. The molecule has 0 aliphatic carbocycles. The van der Waals surface area contributed by atoms with Crippen molar-refractivity contribution in [3.63, 3.8) is 0 Å². The zero-order chi connectivity index (χ0) is 17.6. The average molecular weight is 339 g/mol. The number of nitriles is 1. The molecule has 0 radical (unpaired) electrons. The van der Waals surface area contributed by atoms with Crippen molar-refractivity contribution in [2.24, 2.45) is 0 Å². The van der Waals surface area contributed by atoms with Gasteiger partial charge in [0.25, 0.3) is 0 Å². The second kappa shape index (κ2) is 8.06. The molecule has 5 nitrogen and oxygen atoms in total. The van der Waals surface area contributed by atoms with Gasteiger partial charge in [-0.3, -0.25) is 10.9 Å². The molecule has 0 amide bonds. The number of benzene rings is 1. The summed E-state index contributed by atoms with van der Waals surface area (Å²) in [5.74, 6) is 0.615. The number of hydrazine groups is 1. The van der Waals surface area contributed by atoms with Crippen LogP contribution in [0.4, 0.5) is 10.2 Å². The summed E-state index contributed by atoms with van der Waals surface area (Å²) in [5, 5.41) is 8.93. The molecule has 3 rings (SSSR count). The molecule has 1 aromatic heterocycles. The van der Waals surface area contributed by atoms with Gasteiger partial charge in [-0.05, 0) is 49.1 Å². The quantitative estimate of drug-likeness (QED) is 0.847. The van der Waals surface area contributed by atoms with Crippen LogP contribution in [0.25, 0.3) is 0 Å². The molecule has 2 atom stereocenters. The molecule has 1 aromatic carbocycles. The minimum absolute atomic E-state index is 0.205. The van der Waals surface area contributed by atoms with Crippen LogP contribution in [0.3, 0.4) is 0 Å². The zero-order valence-corrected chi connectivity index (χ0v) is 14.2. The smallest absolute Gasteiger partial charge is 0.142 e. The normalized spacial score (nSPS) is 19.6. The Labute approximate surface area is 147 Å². The summed E-state index contributed by atoms with van der Waals surface area (Å²) in [4.78, 5) is 6.38. The van der Waals surface area contributed by atoms with Gasteiger partial charge in [0.1, 0.15) is 23.4 Å². The molecule has 1 fully saturated rings. The molecule has 2 heterocycles. The fourth-order valence-electron chi connectivity index (χ4n) is 3.11. The summed E-state index contributed by atoms with van der Waals surface area (Å²) in [6, 6.07) is 14.8. The van der Waals surface area contributed by atoms with Gasteiger partial charge in [0, 0.05) is 25.7 Å². The first-order valence-corrected chi connectivity index (χ1v) is 8.50. The van der Waals surface area contributed by atoms with Gasteiger partial charge >= 0.3 is 0 Å². The van der Waals surface area contributed by atoms with Crippen LogP contribution in [0.2, 0.25) is 0 Å². The lowest BCUT2D eigenvalue weighted by Crippen LogP contribution is -2.31. The fourth-order valence-corrected chi connectivity index (χ4v) is 3.11. The molecule has 25 heavy (non-hydrogen) atoms. The van der Waals surface area contributed by atoms with E-state index in [1.807, 2.05) is 31.3 Å². The number of rotatable bonds is 6. The Balaban J connectivity index is 1.45. The predicted molar refractivity (Wildman–Crippen MR) is 95.3 cm³/mol. The van der Waals surface area contributed by atoms with Gasteiger partial charge in [0.2, 0.25) is 0 Å². The van der Waals surface area contributed by atoms with Crippen LogP contribution in [0, 0.1) is 17.1 Å². The van der Waals surface area contributed by atoms with Crippen molar-refractivity contribution in [3.8, 4) is 6.07 Å². The Bertz CT molecular complexity index is 740. The van der Waals surface area contributed by atoms with Crippen LogP contribution in [0.15, 0.2) is 42.5 Å². The summed E-state index contributed by atoms with van der Waals surface area (Å²) in [6.45, 7) is 0.876. The summed E-state index contributed by atoms with van der Waals surface area (Å²) < 4.78 is 13.0. The van der Waals surface area contributed by atoms with Gasteiger partial charge in [-0.1, -0.05) is 18.2 Å². The summed E-state index contributed by atoms with van der Waals surface area (Å²) >= 11 is 0. The van der Waals surface area contributed by atoms with E-state index in [0.717, 1.165) is 37.2 Å². The van der Waals surface area contributed by atoms with E-state index in [2.05, 4.69) is 26.8 Å². The van der Waals surface area contributed by atoms with Gasteiger partial charge in [-0.25, -0.2) is 9.37 Å². The number of hydrogen-bond donors (Lipinski definition) is 2. The first-order chi connectivity index (χ1) is 12.2. The molecule has 6 heteroatoms. The van der Waals surface area contributed by atoms with Crippen molar-refractivity contribution in [1.29, 1.82) is 5.26 Å². The van der Waals surface area contributed by atoms with Crippen LogP contribution >= 0.6 is 0 Å². The maximum absolute atomic E-state index is 13.0. The van der Waals surface area contributed by atoms with Crippen molar-refractivity contribution in [1.82, 2.24) is 15.8 Å². The highest BCUT2D eigenvalue weighted by Crippen LogP contribution is 2.24. The van der Waals surface area contributed by atoms with Crippen molar-refractivity contribution in [3.05, 3.63) is 59.5 Å². The minimum atomic E-state index is -0.205. The van der Waals surface area contributed by atoms with Gasteiger partial charge in [0.15, 0.2) is 0 Å². The van der Waals surface area contributed by atoms with E-state index in [1.54, 1.807) is 6.07 Å². The molecule has 1 aliphatic rings. The first-order valence-electron chi connectivity index (χ1n) is 8.50. The molecule has 2 aromatic rings. The number of pyridine rings is 1. The van der Waals surface area contributed by atoms with Gasteiger partial charge in [0.05, 0.1) is 0 Å². The highest BCUT2D eigenvalue weighted by Gasteiger charge is 2.24. The second-order valence-electron chi connectivity index (χ2n) is 6.38. The second-order valence-corrected chi connectivity index (χ2v) is 6.38. The number of nitrogens with one attached hydrogen (secondary N) is 2. The van der Waals surface area contributed by atoms with Crippen molar-refractivity contribution in [2.75, 3.05) is 18.5 Å². The zero-order valence-electron chi connectivity index (χ0n) is 14.2. The van der Waals surface area contributed by atoms with E-state index in [4.69, 9.17) is 5.26 Å². The minimum Gasteiger partial charge on any atom is -0.360 e. The van der Waals surface area contributed by atoms with Crippen LogP contribution < -0.4 is 15.8 Å². The maximum Gasteiger partial charge on any atom is 0.142 e. The number of aromatic nitrogens is 1. The fraction of sp³-hybridized carbons (Fsp3) is 0.368. The lowest BCUT2D eigenvalue weighted by molar-refractivity contribution is 0.502. The predicted octanol–water partition coefficient (Wildman–Crippen LogP) is 2.92. The highest BCUT2D eigenvalue weighted by molar-refractivity contribution is 5.40. The van der Waals surface area contributed by atoms with E-state index in [9.17, 15) is 4.39 Å². The molecule has 1 aliphatic heterocycles. The highest BCUT2D eigenvalue weighted by atomic mass is 19.1. The Morgan fingerprint density at radius 2 is 2.04 bits per heavy atom. The third-order valence-electron chi connectivity index (χ3n) is 4.54. The van der Waals surface area contributed by atoms with Crippen LogP contribution in [-0.2, 0) is 0 Å². The SMILES string of the molecule is CN(CCCC1CC(c2ccc(F)cc2)NN1)c1cccc(C#N)n1. The van der Waals surface area contributed by atoms with Crippen molar-refractivity contribution in [2.45, 2.75) is 31.3 Å². The van der Waals surface area contributed by atoms with Gasteiger partial charge in [-0.2, -0.15) is 5.26 Å². The average Bonchev–Trinajstić information content (AvgIpc) is 3.11. The van der Waals surface area contributed by atoms with Crippen LogP contribution in [0.5, 0.6) is 0 Å². The molecule has 130 valence electrons. The molecular formula is C19H22FN5. The van der Waals surface area contributed by atoms with E-state index >= 15 is 0 Å². The largest absolute Gasteiger partial charge is 0.360 e. The molecular weight excluding hydrogens is 317 g/mol. The first kappa shape index (κ1) is 17.3. The third kappa shape index (κ3) is 4.53. The topological polar surface area (TPSA) is 64.0 Å². The van der Waals surface area contributed by atoms with Crippen LogP contribution in [0.1, 0.15) is 36.6 Å². The molecule has 2 unspecified atom stereocenters. The van der Waals surface area contributed by atoms with Crippen molar-refractivity contribution >= 4 is 5.82 Å². The molecule has 0 spiro atoms. The van der Waals surface area contributed by atoms with Crippen molar-refractivity contribution < 1.29 is 4.39 Å². The lowest BCUT2D eigenvalue weighted by Gasteiger charge is -2.19. The number of nitrogens with zero attached hydrogens (tertiary/aromatic N) is 3. The Morgan fingerprint density at radius 3 is 2.80 bits per heavy atom. The Morgan fingerprint density at radius 1 is 1.24 bits per heavy atom. The third-order valence-corrected chi connectivity index (χ3v) is 4.54. The van der Waals surface area contributed by atoms with Gasteiger partial charge < -0.3 is 4.90 Å². The molecule has 2 N–H and O–H groups in total. The maximum atomic E-state index is 13.0. The Hall–Kier alpha value is -2.49. The van der Waals surface area contributed by atoms with E-state index in [1.165, 1.54) is 12.1 Å². The van der Waals surface area contributed by atoms with E-state index in [-0.39, 0.29) is 11.9 Å². The molecule has 0 bridgehead atoms. The standard InChI is InChI=1S/C19H22FN5/c1-25(19-6-2-4-17(13-21)22-19)11-3-5-16-12-18(24-23-16)14-7-9-15(20)10-8-14/h2,4,6-10,16,18,23-24H,3,5,11-12H2,1H3. The molecule has 0 saturated carbocycles. The lowest BCUT2D eigenvalue weighted by atomic mass is 9.99. The number of halogens is 1. The summed E-state index contributed by atoms with van der Waals surface area (Å²) in [5.41, 5.74) is 8.16. The van der Waals surface area contributed by atoms with Crippen LogP contribution in [-0.4, -0.2) is 24.6 Å². The monoisotopic (exact) mass is 339 g/mol. The Kier molecular flexibility index (Phi) is 5.59. The van der Waals surface area contributed by atoms with E-state index < -0.39 is 0 Å². The summed E-state index contributed by atoms with van der Waals surface area (Å²) in [6.07, 6.45) is 3.04. The van der Waals surface area contributed by atoms with Gasteiger partial charge in [-0.15, -0.1) is 0 Å². The number of hydrogen-bond acceptors (Lipinski definition) is 5.